The van der Waals surface area contributed by atoms with E-state index in [1.807, 2.05) is 13.8 Å². The van der Waals surface area contributed by atoms with E-state index in [2.05, 4.69) is 9.97 Å². The minimum absolute atomic E-state index is 0.000761. The lowest BCUT2D eigenvalue weighted by atomic mass is 9.87. The smallest absolute Gasteiger partial charge is 0.335 e. The fraction of sp³-hybridized carbons (Fsp3) is 0.265. The number of fused-ring (bicyclic) bond motifs is 1. The van der Waals surface area contributed by atoms with Crippen molar-refractivity contribution in [3.8, 4) is 17.1 Å². The number of carboxylic acid groups (broad SMARTS) is 1. The Hall–Kier alpha value is -4.91. The van der Waals surface area contributed by atoms with Crippen molar-refractivity contribution >= 4 is 17.0 Å². The summed E-state index contributed by atoms with van der Waals surface area (Å²) in [5.41, 5.74) is -1.39. The minimum Gasteiger partial charge on any atom is -0.478 e. The van der Waals surface area contributed by atoms with Gasteiger partial charge in [0.1, 0.15) is 35.4 Å². The first-order valence-electron chi connectivity index (χ1n) is 14.5. The Labute approximate surface area is 264 Å². The standard InChI is InChI=1S/C34H27F6N3O4/c1-34(2)16-46-15-28(34)43-27-11-20(33(44)45)10-25(38)31(27)42-29(43)12-19-9-24(37)21(13-23(19)36)26-4-3-5-30(41-26)47-14-18-7-6-17(32(39)40)8-22(18)35/h3-11,13,28,32H,12,14-16H2,1-2H3,(H,44,45). The van der Waals surface area contributed by atoms with E-state index in [0.29, 0.717) is 12.7 Å². The van der Waals surface area contributed by atoms with E-state index in [-0.39, 0.29) is 70.3 Å². The van der Waals surface area contributed by atoms with Crippen LogP contribution in [0.4, 0.5) is 26.3 Å². The van der Waals surface area contributed by atoms with Gasteiger partial charge >= 0.3 is 5.97 Å². The Kier molecular flexibility index (Phi) is 8.43. The Morgan fingerprint density at radius 1 is 0.979 bits per heavy atom. The molecule has 0 saturated carbocycles. The molecule has 5 aromatic rings. The molecule has 0 bridgehead atoms. The minimum atomic E-state index is -2.83. The average molecular weight is 656 g/mol. The number of ether oxygens (including phenoxy) is 2. The molecule has 3 heterocycles. The zero-order valence-corrected chi connectivity index (χ0v) is 25.0. The van der Waals surface area contributed by atoms with Crippen molar-refractivity contribution in [2.45, 2.75) is 39.3 Å². The monoisotopic (exact) mass is 655 g/mol. The molecule has 244 valence electrons. The summed E-state index contributed by atoms with van der Waals surface area (Å²) in [6.45, 7) is 4.09. The lowest BCUT2D eigenvalue weighted by molar-refractivity contribution is 0.0696. The number of hydrogen-bond donors (Lipinski definition) is 1. The molecule has 3 aromatic carbocycles. The molecule has 13 heteroatoms. The molecule has 1 N–H and O–H groups in total. The van der Waals surface area contributed by atoms with E-state index >= 15 is 13.2 Å². The van der Waals surface area contributed by atoms with E-state index in [9.17, 15) is 23.1 Å². The van der Waals surface area contributed by atoms with Gasteiger partial charge in [0.05, 0.1) is 36.0 Å². The Morgan fingerprint density at radius 3 is 2.43 bits per heavy atom. The number of nitrogens with zero attached hydrogens (tertiary/aromatic N) is 3. The molecule has 0 spiro atoms. The van der Waals surface area contributed by atoms with Crippen molar-refractivity contribution in [1.29, 1.82) is 0 Å². The normalized spacial score (nSPS) is 15.9. The van der Waals surface area contributed by atoms with E-state index in [1.165, 1.54) is 30.3 Å². The maximum Gasteiger partial charge on any atom is 0.335 e. The van der Waals surface area contributed by atoms with Crippen LogP contribution in [0.15, 0.2) is 60.7 Å². The molecule has 47 heavy (non-hydrogen) atoms. The highest BCUT2D eigenvalue weighted by atomic mass is 19.3. The van der Waals surface area contributed by atoms with Crippen molar-refractivity contribution in [2.24, 2.45) is 5.41 Å². The molecule has 1 aliphatic rings. The summed E-state index contributed by atoms with van der Waals surface area (Å²) in [5.74, 6) is -4.55. The van der Waals surface area contributed by atoms with Crippen LogP contribution in [0.3, 0.4) is 0 Å². The van der Waals surface area contributed by atoms with Crippen LogP contribution in [-0.4, -0.2) is 38.8 Å². The first-order chi connectivity index (χ1) is 22.3. The highest BCUT2D eigenvalue weighted by Crippen LogP contribution is 2.41. The van der Waals surface area contributed by atoms with Gasteiger partial charge in [-0.25, -0.2) is 41.1 Å². The first kappa shape index (κ1) is 32.0. The predicted molar refractivity (Wildman–Crippen MR) is 158 cm³/mol. The number of halogens is 6. The molecule has 0 aliphatic carbocycles. The Bertz CT molecular complexity index is 2010. The summed E-state index contributed by atoms with van der Waals surface area (Å²) in [4.78, 5) is 20.3. The zero-order valence-electron chi connectivity index (χ0n) is 25.0. The number of pyridine rings is 1. The van der Waals surface area contributed by atoms with Crippen LogP contribution in [0.5, 0.6) is 5.88 Å². The molecule has 1 saturated heterocycles. The third-order valence-corrected chi connectivity index (χ3v) is 8.22. The molecule has 2 aromatic heterocycles. The van der Waals surface area contributed by atoms with Crippen LogP contribution >= 0.6 is 0 Å². The number of aromatic carboxylic acids is 1. The summed E-state index contributed by atoms with van der Waals surface area (Å²) >= 11 is 0. The molecule has 0 radical (unpaired) electrons. The van der Waals surface area contributed by atoms with Crippen molar-refractivity contribution in [2.75, 3.05) is 13.2 Å². The number of aromatic nitrogens is 3. The Balaban J connectivity index is 1.31. The number of hydrogen-bond acceptors (Lipinski definition) is 5. The molecule has 1 unspecified atom stereocenters. The lowest BCUT2D eigenvalue weighted by Crippen LogP contribution is -2.27. The van der Waals surface area contributed by atoms with Crippen LogP contribution in [0.25, 0.3) is 22.3 Å². The maximum atomic E-state index is 15.6. The predicted octanol–water partition coefficient (Wildman–Crippen LogP) is 8.06. The van der Waals surface area contributed by atoms with Crippen molar-refractivity contribution in [3.05, 3.63) is 112 Å². The van der Waals surface area contributed by atoms with Gasteiger partial charge in [-0.1, -0.05) is 32.0 Å². The number of imidazole rings is 1. The van der Waals surface area contributed by atoms with Crippen LogP contribution in [0, 0.1) is 28.7 Å². The second kappa shape index (κ2) is 12.4. The van der Waals surface area contributed by atoms with Gasteiger partial charge < -0.3 is 19.1 Å². The number of rotatable bonds is 9. The molecular weight excluding hydrogens is 628 g/mol. The van der Waals surface area contributed by atoms with Gasteiger partial charge in [0.25, 0.3) is 6.43 Å². The largest absolute Gasteiger partial charge is 0.478 e. The summed E-state index contributed by atoms with van der Waals surface area (Å²) in [7, 11) is 0. The summed E-state index contributed by atoms with van der Waals surface area (Å²) in [5, 5.41) is 9.53. The number of carboxylic acids is 1. The number of benzene rings is 3. The molecular formula is C34H27F6N3O4. The second-order valence-corrected chi connectivity index (χ2v) is 12.0. The topological polar surface area (TPSA) is 86.5 Å². The summed E-state index contributed by atoms with van der Waals surface area (Å²) in [6, 6.07) is 11.0. The third kappa shape index (κ3) is 6.27. The quantitative estimate of drug-likeness (QED) is 0.162. The molecule has 1 aliphatic heterocycles. The molecule has 6 rings (SSSR count). The second-order valence-electron chi connectivity index (χ2n) is 12.0. The van der Waals surface area contributed by atoms with E-state index in [0.717, 1.165) is 24.3 Å². The molecule has 0 amide bonds. The van der Waals surface area contributed by atoms with Gasteiger partial charge in [-0.3, -0.25) is 0 Å². The summed E-state index contributed by atoms with van der Waals surface area (Å²) in [6.07, 6.45) is -3.08. The molecule has 1 atom stereocenters. The summed E-state index contributed by atoms with van der Waals surface area (Å²) < 4.78 is 99.0. The number of carbonyl (C=O) groups is 1. The van der Waals surface area contributed by atoms with E-state index < -0.39 is 52.7 Å². The van der Waals surface area contributed by atoms with Crippen molar-refractivity contribution in [3.63, 3.8) is 0 Å². The van der Waals surface area contributed by atoms with E-state index in [1.54, 1.807) is 4.57 Å². The first-order valence-corrected chi connectivity index (χ1v) is 14.5. The van der Waals surface area contributed by atoms with Crippen LogP contribution in [-0.2, 0) is 17.8 Å². The molecule has 7 nitrogen and oxygen atoms in total. The lowest BCUT2D eigenvalue weighted by Gasteiger charge is -2.28. The SMILES string of the molecule is CC1(C)COCC1n1c(Cc2cc(F)c(-c3cccc(OCc4ccc(C(F)F)cc4F)n3)cc2F)nc2c(F)cc(C(=O)O)cc21. The van der Waals surface area contributed by atoms with Gasteiger partial charge in [0, 0.05) is 34.6 Å². The van der Waals surface area contributed by atoms with Crippen molar-refractivity contribution < 1.29 is 45.7 Å². The fourth-order valence-electron chi connectivity index (χ4n) is 5.68. The van der Waals surface area contributed by atoms with Gasteiger partial charge in [-0.05, 0) is 42.0 Å². The third-order valence-electron chi connectivity index (χ3n) is 8.22. The van der Waals surface area contributed by atoms with Gasteiger partial charge in [0.2, 0.25) is 5.88 Å². The zero-order chi connectivity index (χ0) is 33.6. The number of alkyl halides is 2. The van der Waals surface area contributed by atoms with E-state index in [4.69, 9.17) is 9.47 Å². The van der Waals surface area contributed by atoms with Gasteiger partial charge in [0.15, 0.2) is 5.82 Å². The van der Waals surface area contributed by atoms with Crippen molar-refractivity contribution in [1.82, 2.24) is 14.5 Å². The average Bonchev–Trinajstić information content (AvgIpc) is 3.56. The highest BCUT2D eigenvalue weighted by molar-refractivity contribution is 5.93. The molecule has 1 fully saturated rings. The Morgan fingerprint density at radius 2 is 1.74 bits per heavy atom. The van der Waals surface area contributed by atoms with Gasteiger partial charge in [-0.15, -0.1) is 0 Å². The van der Waals surface area contributed by atoms with Crippen LogP contribution < -0.4 is 4.74 Å². The van der Waals surface area contributed by atoms with Crippen LogP contribution in [0.2, 0.25) is 0 Å². The highest BCUT2D eigenvalue weighted by Gasteiger charge is 2.39. The van der Waals surface area contributed by atoms with Crippen LogP contribution in [0.1, 0.15) is 59.2 Å². The fourth-order valence-corrected chi connectivity index (χ4v) is 5.68. The van der Waals surface area contributed by atoms with Gasteiger partial charge in [-0.2, -0.15) is 0 Å². The maximum absolute atomic E-state index is 15.6.